The van der Waals surface area contributed by atoms with Gasteiger partial charge in [-0.1, -0.05) is 23.7 Å². The van der Waals surface area contributed by atoms with E-state index in [0.29, 0.717) is 15.5 Å². The molecule has 0 saturated heterocycles. The Labute approximate surface area is 133 Å². The quantitative estimate of drug-likeness (QED) is 0.875. The van der Waals surface area contributed by atoms with Crippen LogP contribution in [-0.2, 0) is 15.6 Å². The lowest BCUT2D eigenvalue weighted by molar-refractivity contribution is 0.0666. The molecular weight excluding hydrogens is 330 g/mol. The molecule has 1 aromatic heterocycles. The summed E-state index contributed by atoms with van der Waals surface area (Å²) in [4.78, 5) is 0.824. The summed E-state index contributed by atoms with van der Waals surface area (Å²) >= 11 is 7.33. The predicted molar refractivity (Wildman–Crippen MR) is 85.3 cm³/mol. The van der Waals surface area contributed by atoms with Crippen LogP contribution in [0, 0.1) is 6.92 Å². The highest BCUT2D eigenvalue weighted by Gasteiger charge is 2.27. The summed E-state index contributed by atoms with van der Waals surface area (Å²) in [5, 5.41) is 12.6. The lowest BCUT2D eigenvalue weighted by Gasteiger charge is -2.22. The van der Waals surface area contributed by atoms with Crippen molar-refractivity contribution in [1.82, 2.24) is 4.72 Å². The van der Waals surface area contributed by atoms with Crippen LogP contribution < -0.4 is 4.72 Å². The van der Waals surface area contributed by atoms with E-state index >= 15 is 0 Å². The van der Waals surface area contributed by atoms with E-state index in [9.17, 15) is 13.5 Å². The summed E-state index contributed by atoms with van der Waals surface area (Å²) < 4.78 is 27.1. The monoisotopic (exact) mass is 345 g/mol. The molecule has 0 unspecified atom stereocenters. The molecule has 1 atom stereocenters. The predicted octanol–water partition coefficient (Wildman–Crippen LogP) is 2.90. The van der Waals surface area contributed by atoms with E-state index in [-0.39, 0.29) is 11.4 Å². The zero-order chi connectivity index (χ0) is 15.7. The van der Waals surface area contributed by atoms with Gasteiger partial charge in [0.1, 0.15) is 5.60 Å². The lowest BCUT2D eigenvalue weighted by atomic mass is 10.1. The summed E-state index contributed by atoms with van der Waals surface area (Å²) in [5.41, 5.74) is -0.768. The average Bonchev–Trinajstić information content (AvgIpc) is 2.94. The number of thiophene rings is 1. The summed E-state index contributed by atoms with van der Waals surface area (Å²) in [6.07, 6.45) is 0. The second-order valence-corrected chi connectivity index (χ2v) is 8.03. The molecule has 1 heterocycles. The molecular formula is C14H16ClNO3S2. The number of halogens is 1. The van der Waals surface area contributed by atoms with Gasteiger partial charge in [0.05, 0.1) is 4.90 Å². The van der Waals surface area contributed by atoms with Crippen LogP contribution in [0.3, 0.4) is 0 Å². The number of nitrogens with one attached hydrogen (secondary N) is 1. The smallest absolute Gasteiger partial charge is 0.240 e. The van der Waals surface area contributed by atoms with E-state index < -0.39 is 15.6 Å². The second kappa shape index (κ2) is 6.06. The topological polar surface area (TPSA) is 66.4 Å². The van der Waals surface area contributed by atoms with Crippen LogP contribution in [0.4, 0.5) is 0 Å². The van der Waals surface area contributed by atoms with Crippen LogP contribution in [0.15, 0.2) is 40.6 Å². The molecule has 0 fully saturated rings. The normalized spacial score (nSPS) is 14.9. The van der Waals surface area contributed by atoms with Crippen molar-refractivity contribution in [3.05, 3.63) is 51.2 Å². The van der Waals surface area contributed by atoms with Gasteiger partial charge in [0.2, 0.25) is 10.0 Å². The van der Waals surface area contributed by atoms with E-state index in [4.69, 9.17) is 11.6 Å². The van der Waals surface area contributed by atoms with Gasteiger partial charge in [-0.3, -0.25) is 0 Å². The van der Waals surface area contributed by atoms with Crippen LogP contribution in [0.2, 0.25) is 5.02 Å². The van der Waals surface area contributed by atoms with Crippen molar-refractivity contribution in [2.75, 3.05) is 6.54 Å². The third-order valence-corrected chi connectivity index (χ3v) is 6.24. The zero-order valence-electron chi connectivity index (χ0n) is 11.6. The second-order valence-electron chi connectivity index (χ2n) is 4.94. The van der Waals surface area contributed by atoms with Crippen molar-refractivity contribution < 1.29 is 13.5 Å². The first-order valence-electron chi connectivity index (χ1n) is 6.25. The standard InChI is InChI=1S/C14H16ClNO3S2/c1-10-11(15)5-3-6-12(10)21(18,19)16-9-14(2,17)13-7-4-8-20-13/h3-8,16-17H,9H2,1-2H3/t14-/m0/s1. The fourth-order valence-electron chi connectivity index (χ4n) is 1.86. The van der Waals surface area contributed by atoms with Gasteiger partial charge < -0.3 is 5.11 Å². The molecule has 0 spiro atoms. The molecule has 0 bridgehead atoms. The molecule has 0 aliphatic rings. The first kappa shape index (κ1) is 16.5. The van der Waals surface area contributed by atoms with Gasteiger partial charge in [0, 0.05) is 16.4 Å². The largest absolute Gasteiger partial charge is 0.383 e. The van der Waals surface area contributed by atoms with Crippen LogP contribution >= 0.6 is 22.9 Å². The third-order valence-electron chi connectivity index (χ3n) is 3.17. The molecule has 114 valence electrons. The van der Waals surface area contributed by atoms with Gasteiger partial charge >= 0.3 is 0 Å². The minimum absolute atomic E-state index is 0.109. The van der Waals surface area contributed by atoms with E-state index in [0.717, 1.165) is 0 Å². The Bertz CT molecular complexity index is 725. The fraction of sp³-hybridized carbons (Fsp3) is 0.286. The van der Waals surface area contributed by atoms with Gasteiger partial charge in [-0.05, 0) is 43.0 Å². The van der Waals surface area contributed by atoms with Crippen molar-refractivity contribution >= 4 is 33.0 Å². The SMILES string of the molecule is Cc1c(Cl)cccc1S(=O)(=O)NC[C@](C)(O)c1cccs1. The van der Waals surface area contributed by atoms with E-state index in [1.54, 1.807) is 32.0 Å². The van der Waals surface area contributed by atoms with Crippen LogP contribution in [0.5, 0.6) is 0 Å². The van der Waals surface area contributed by atoms with Crippen molar-refractivity contribution in [2.24, 2.45) is 0 Å². The maximum atomic E-state index is 12.3. The number of hydrogen-bond acceptors (Lipinski definition) is 4. The molecule has 0 saturated carbocycles. The number of benzene rings is 1. The first-order chi connectivity index (χ1) is 9.74. The molecule has 1 aromatic carbocycles. The lowest BCUT2D eigenvalue weighted by Crippen LogP contribution is -2.38. The Hall–Kier alpha value is -0.920. The highest BCUT2D eigenvalue weighted by atomic mass is 35.5. The van der Waals surface area contributed by atoms with Crippen molar-refractivity contribution in [2.45, 2.75) is 24.3 Å². The molecule has 7 heteroatoms. The van der Waals surface area contributed by atoms with Gasteiger partial charge in [0.15, 0.2) is 0 Å². The highest BCUT2D eigenvalue weighted by Crippen LogP contribution is 2.26. The summed E-state index contributed by atoms with van der Waals surface area (Å²) in [7, 11) is -3.73. The van der Waals surface area contributed by atoms with Gasteiger partial charge in [0.25, 0.3) is 0 Å². The van der Waals surface area contributed by atoms with Crippen molar-refractivity contribution in [1.29, 1.82) is 0 Å². The molecule has 0 aliphatic heterocycles. The van der Waals surface area contributed by atoms with Gasteiger partial charge in [-0.25, -0.2) is 13.1 Å². The number of aliphatic hydroxyl groups is 1. The molecule has 0 amide bonds. The summed E-state index contributed by atoms with van der Waals surface area (Å²) in [5.74, 6) is 0. The minimum Gasteiger partial charge on any atom is -0.383 e. The molecule has 2 N–H and O–H groups in total. The van der Waals surface area contributed by atoms with Crippen molar-refractivity contribution in [3.63, 3.8) is 0 Å². The number of hydrogen-bond donors (Lipinski definition) is 2. The molecule has 21 heavy (non-hydrogen) atoms. The third kappa shape index (κ3) is 3.64. The maximum Gasteiger partial charge on any atom is 0.240 e. The van der Waals surface area contributed by atoms with Crippen molar-refractivity contribution in [3.8, 4) is 0 Å². The zero-order valence-corrected chi connectivity index (χ0v) is 14.0. The van der Waals surface area contributed by atoms with Crippen LogP contribution in [0.1, 0.15) is 17.4 Å². The molecule has 4 nitrogen and oxygen atoms in total. The van der Waals surface area contributed by atoms with E-state index in [2.05, 4.69) is 4.72 Å². The minimum atomic E-state index is -3.73. The Morgan fingerprint density at radius 1 is 1.33 bits per heavy atom. The number of rotatable bonds is 5. The molecule has 2 rings (SSSR count). The number of sulfonamides is 1. The van der Waals surface area contributed by atoms with E-state index in [1.807, 2.05) is 11.4 Å². The van der Waals surface area contributed by atoms with Crippen LogP contribution in [0.25, 0.3) is 0 Å². The molecule has 2 aromatic rings. The van der Waals surface area contributed by atoms with E-state index in [1.165, 1.54) is 17.4 Å². The first-order valence-corrected chi connectivity index (χ1v) is 8.99. The average molecular weight is 346 g/mol. The molecule has 0 aliphatic carbocycles. The van der Waals surface area contributed by atoms with Gasteiger partial charge in [-0.15, -0.1) is 11.3 Å². The Morgan fingerprint density at radius 2 is 2.05 bits per heavy atom. The molecule has 0 radical (unpaired) electrons. The fourth-order valence-corrected chi connectivity index (χ4v) is 4.28. The summed E-state index contributed by atoms with van der Waals surface area (Å²) in [6.45, 7) is 3.11. The van der Waals surface area contributed by atoms with Crippen LogP contribution in [-0.4, -0.2) is 20.1 Å². The Balaban J connectivity index is 2.21. The van der Waals surface area contributed by atoms with Gasteiger partial charge in [-0.2, -0.15) is 0 Å². The Kier molecular flexibility index (Phi) is 4.75. The maximum absolute atomic E-state index is 12.3. The Morgan fingerprint density at radius 3 is 2.67 bits per heavy atom. The highest BCUT2D eigenvalue weighted by molar-refractivity contribution is 7.89. The summed E-state index contributed by atoms with van der Waals surface area (Å²) in [6, 6.07) is 8.29.